The summed E-state index contributed by atoms with van der Waals surface area (Å²) in [5.41, 5.74) is 1.78. The van der Waals surface area contributed by atoms with Gasteiger partial charge in [-0.15, -0.1) is 11.3 Å². The van der Waals surface area contributed by atoms with E-state index in [4.69, 9.17) is 0 Å². The van der Waals surface area contributed by atoms with Gasteiger partial charge in [-0.3, -0.25) is 4.79 Å². The van der Waals surface area contributed by atoms with Crippen LogP contribution in [0.5, 0.6) is 0 Å². The molecule has 0 aliphatic carbocycles. The van der Waals surface area contributed by atoms with E-state index in [-0.39, 0.29) is 11.9 Å². The molecule has 30 heavy (non-hydrogen) atoms. The summed E-state index contributed by atoms with van der Waals surface area (Å²) in [6.07, 6.45) is 5.21. The zero-order chi connectivity index (χ0) is 20.5. The van der Waals surface area contributed by atoms with Crippen molar-refractivity contribution in [1.82, 2.24) is 25.1 Å². The van der Waals surface area contributed by atoms with Crippen LogP contribution in [0.1, 0.15) is 27.4 Å². The molecule has 1 aliphatic heterocycles. The topological polar surface area (TPSA) is 75.9 Å². The normalized spacial score (nSPS) is 14.9. The number of rotatable bonds is 4. The van der Waals surface area contributed by atoms with Crippen molar-refractivity contribution < 1.29 is 4.79 Å². The van der Waals surface area contributed by atoms with Crippen LogP contribution in [0.3, 0.4) is 0 Å². The van der Waals surface area contributed by atoms with Crippen molar-refractivity contribution in [1.29, 1.82) is 0 Å². The number of nitrogens with zero attached hydrogens (tertiary/aromatic N) is 5. The van der Waals surface area contributed by atoms with Gasteiger partial charge < -0.3 is 10.2 Å². The summed E-state index contributed by atoms with van der Waals surface area (Å²) in [5, 5.41) is 8.66. The number of anilines is 1. The maximum absolute atomic E-state index is 12.4. The van der Waals surface area contributed by atoms with Gasteiger partial charge in [0.2, 0.25) is 0 Å². The summed E-state index contributed by atoms with van der Waals surface area (Å²) in [7, 11) is 0. The third-order valence-electron chi connectivity index (χ3n) is 5.44. The van der Waals surface area contributed by atoms with Gasteiger partial charge in [-0.2, -0.15) is 5.10 Å². The predicted octanol–water partition coefficient (Wildman–Crippen LogP) is 3.58. The zero-order valence-electron chi connectivity index (χ0n) is 16.7. The number of aryl methyl sites for hydroxylation is 1. The highest BCUT2D eigenvalue weighted by Crippen LogP contribution is 2.27. The van der Waals surface area contributed by atoms with Gasteiger partial charge in [0.15, 0.2) is 5.65 Å². The van der Waals surface area contributed by atoms with Crippen LogP contribution < -0.4 is 10.2 Å². The first-order valence-corrected chi connectivity index (χ1v) is 10.9. The van der Waals surface area contributed by atoms with Crippen LogP contribution in [0.2, 0.25) is 0 Å². The van der Waals surface area contributed by atoms with E-state index in [0.717, 1.165) is 58.2 Å². The molecule has 1 amide bonds. The average molecular weight is 419 g/mol. The lowest BCUT2D eigenvalue weighted by Gasteiger charge is -2.33. The monoisotopic (exact) mass is 418 g/mol. The van der Waals surface area contributed by atoms with Crippen molar-refractivity contribution in [3.63, 3.8) is 0 Å². The number of carbonyl (C=O) groups excluding carboxylic acids is 1. The standard InChI is InChI=1S/C22H22N6OS/c1-15-7-8-19(30-15)22(29)26-16-9-11-27(12-10-16)20-18-13-25-28(21(18)24-14-23-20)17-5-3-2-4-6-17/h2-8,13-14,16H,9-12H2,1H3,(H,26,29). The highest BCUT2D eigenvalue weighted by molar-refractivity contribution is 7.13. The Labute approximate surface area is 178 Å². The number of hydrogen-bond donors (Lipinski definition) is 1. The molecule has 1 N–H and O–H groups in total. The van der Waals surface area contributed by atoms with Gasteiger partial charge in [0.05, 0.1) is 22.1 Å². The molecule has 7 nitrogen and oxygen atoms in total. The fourth-order valence-corrected chi connectivity index (χ4v) is 4.66. The van der Waals surface area contributed by atoms with Gasteiger partial charge >= 0.3 is 0 Å². The van der Waals surface area contributed by atoms with Crippen LogP contribution in [0, 0.1) is 6.92 Å². The van der Waals surface area contributed by atoms with Crippen molar-refractivity contribution in [2.45, 2.75) is 25.8 Å². The van der Waals surface area contributed by atoms with E-state index < -0.39 is 0 Å². The van der Waals surface area contributed by atoms with E-state index in [0.29, 0.717) is 0 Å². The summed E-state index contributed by atoms with van der Waals surface area (Å²) in [6, 6.07) is 14.0. The number of carbonyl (C=O) groups is 1. The van der Waals surface area contributed by atoms with Gasteiger partial charge in [-0.1, -0.05) is 18.2 Å². The fourth-order valence-electron chi connectivity index (χ4n) is 3.89. The quantitative estimate of drug-likeness (QED) is 0.548. The maximum atomic E-state index is 12.4. The third-order valence-corrected chi connectivity index (χ3v) is 6.44. The van der Waals surface area contributed by atoms with Crippen molar-refractivity contribution in [3.8, 4) is 5.69 Å². The van der Waals surface area contributed by atoms with Crippen LogP contribution in [0.25, 0.3) is 16.7 Å². The molecule has 1 aliphatic rings. The Bertz CT molecular complexity index is 1180. The minimum Gasteiger partial charge on any atom is -0.356 e. The molecule has 1 fully saturated rings. The second-order valence-corrected chi connectivity index (χ2v) is 8.76. The van der Waals surface area contributed by atoms with E-state index in [2.05, 4.69) is 25.3 Å². The van der Waals surface area contributed by atoms with Crippen LogP contribution in [-0.2, 0) is 0 Å². The largest absolute Gasteiger partial charge is 0.356 e. The van der Waals surface area contributed by atoms with Gasteiger partial charge in [0.1, 0.15) is 12.1 Å². The smallest absolute Gasteiger partial charge is 0.261 e. The van der Waals surface area contributed by atoms with Gasteiger partial charge in [0.25, 0.3) is 5.91 Å². The van der Waals surface area contributed by atoms with Crippen LogP contribution >= 0.6 is 11.3 Å². The molecule has 152 valence electrons. The number of piperidine rings is 1. The Hall–Kier alpha value is -3.26. The summed E-state index contributed by atoms with van der Waals surface area (Å²) in [6.45, 7) is 3.68. The zero-order valence-corrected chi connectivity index (χ0v) is 17.5. The lowest BCUT2D eigenvalue weighted by atomic mass is 10.0. The maximum Gasteiger partial charge on any atom is 0.261 e. The summed E-state index contributed by atoms with van der Waals surface area (Å²) >= 11 is 1.54. The Balaban J connectivity index is 1.30. The van der Waals surface area contributed by atoms with Crippen molar-refractivity contribution in [3.05, 3.63) is 64.7 Å². The third kappa shape index (κ3) is 3.54. The summed E-state index contributed by atoms with van der Waals surface area (Å²) < 4.78 is 1.84. The van der Waals surface area contributed by atoms with E-state index in [1.54, 1.807) is 6.33 Å². The lowest BCUT2D eigenvalue weighted by molar-refractivity contribution is 0.0935. The number of nitrogens with one attached hydrogen (secondary N) is 1. The van der Waals surface area contributed by atoms with Crippen molar-refractivity contribution >= 4 is 34.1 Å². The molecule has 0 unspecified atom stereocenters. The van der Waals surface area contributed by atoms with Crippen LogP contribution in [0.15, 0.2) is 55.0 Å². The fraction of sp³-hybridized carbons (Fsp3) is 0.273. The Morgan fingerprint density at radius 1 is 1.10 bits per heavy atom. The summed E-state index contributed by atoms with van der Waals surface area (Å²) in [5.74, 6) is 0.931. The molecule has 5 rings (SSSR count). The van der Waals surface area contributed by atoms with E-state index >= 15 is 0 Å². The molecule has 1 aromatic carbocycles. The molecular weight excluding hydrogens is 396 g/mol. The van der Waals surface area contributed by atoms with Crippen LogP contribution in [0.4, 0.5) is 5.82 Å². The summed E-state index contributed by atoms with van der Waals surface area (Å²) in [4.78, 5) is 25.7. The second kappa shape index (κ2) is 7.87. The number of amides is 1. The molecule has 8 heteroatoms. The molecule has 0 saturated carbocycles. The first kappa shape index (κ1) is 18.7. The molecule has 0 atom stereocenters. The van der Waals surface area contributed by atoms with E-state index in [9.17, 15) is 4.79 Å². The minimum atomic E-state index is 0.0279. The highest BCUT2D eigenvalue weighted by Gasteiger charge is 2.24. The van der Waals surface area contributed by atoms with Gasteiger partial charge in [-0.05, 0) is 44.0 Å². The Morgan fingerprint density at radius 3 is 2.63 bits per heavy atom. The molecule has 0 radical (unpaired) electrons. The Kier molecular flexibility index (Phi) is 4.92. The molecule has 3 aromatic heterocycles. The number of para-hydroxylation sites is 1. The average Bonchev–Trinajstić information content (AvgIpc) is 3.41. The first-order valence-electron chi connectivity index (χ1n) is 10.1. The number of hydrogen-bond acceptors (Lipinski definition) is 6. The van der Waals surface area contributed by atoms with Crippen LogP contribution in [-0.4, -0.2) is 44.8 Å². The molecule has 0 spiro atoms. The number of aromatic nitrogens is 4. The molecule has 1 saturated heterocycles. The highest BCUT2D eigenvalue weighted by atomic mass is 32.1. The minimum absolute atomic E-state index is 0.0279. The van der Waals surface area contributed by atoms with Crippen molar-refractivity contribution in [2.24, 2.45) is 0 Å². The SMILES string of the molecule is Cc1ccc(C(=O)NC2CCN(c3ncnc4c3cnn4-c3ccccc3)CC2)s1. The van der Waals surface area contributed by atoms with Crippen molar-refractivity contribution in [2.75, 3.05) is 18.0 Å². The Morgan fingerprint density at radius 2 is 1.90 bits per heavy atom. The number of benzene rings is 1. The number of fused-ring (bicyclic) bond motifs is 1. The molecule has 0 bridgehead atoms. The lowest BCUT2D eigenvalue weighted by Crippen LogP contribution is -2.44. The van der Waals surface area contributed by atoms with Gasteiger partial charge in [0, 0.05) is 24.0 Å². The van der Waals surface area contributed by atoms with E-state index in [1.165, 1.54) is 11.3 Å². The molecule has 4 heterocycles. The predicted molar refractivity (Wildman–Crippen MR) is 118 cm³/mol. The van der Waals surface area contributed by atoms with Gasteiger partial charge in [-0.25, -0.2) is 14.6 Å². The first-order chi connectivity index (χ1) is 14.7. The second-order valence-electron chi connectivity index (χ2n) is 7.47. The number of thiophene rings is 1. The molecular formula is C22H22N6OS. The molecule has 4 aromatic rings. The van der Waals surface area contributed by atoms with E-state index in [1.807, 2.05) is 60.3 Å².